The molecule has 0 radical (unpaired) electrons. The van der Waals surface area contributed by atoms with Crippen LogP contribution in [0.5, 0.6) is 0 Å². The molecular formula is C43H54S. The van der Waals surface area contributed by atoms with Crippen molar-refractivity contribution in [3.8, 4) is 22.3 Å². The Morgan fingerprint density at radius 2 is 0.864 bits per heavy atom. The molecule has 0 aliphatic heterocycles. The van der Waals surface area contributed by atoms with Gasteiger partial charge in [0.1, 0.15) is 0 Å². The van der Waals surface area contributed by atoms with E-state index in [0.29, 0.717) is 5.92 Å². The fraction of sp³-hybridized carbons (Fsp3) is 0.442. The van der Waals surface area contributed by atoms with E-state index in [4.69, 9.17) is 0 Å². The van der Waals surface area contributed by atoms with Gasteiger partial charge in [0.25, 0.3) is 0 Å². The monoisotopic (exact) mass is 602 g/mol. The van der Waals surface area contributed by atoms with Gasteiger partial charge in [-0.15, -0.1) is 11.3 Å². The van der Waals surface area contributed by atoms with Crippen LogP contribution in [0.1, 0.15) is 131 Å². The zero-order chi connectivity index (χ0) is 32.6. The minimum absolute atomic E-state index is 0.0692. The Hall–Kier alpha value is -2.90. The second-order valence-corrected chi connectivity index (χ2v) is 18.5. The first-order valence-electron chi connectivity index (χ1n) is 16.5. The molecule has 0 amide bonds. The van der Waals surface area contributed by atoms with Crippen LogP contribution < -0.4 is 0 Å². The Morgan fingerprint density at radius 3 is 1.27 bits per heavy atom. The summed E-state index contributed by atoms with van der Waals surface area (Å²) in [5.74, 6) is 0.377. The molecule has 4 aromatic carbocycles. The zero-order valence-electron chi connectivity index (χ0n) is 29.8. The standard InChI is InChI=1S/C43H54S/c1-26(2)37-34(28-22-31(42(9,10)11)25-32(23-28)43(12,13)14)18-19-36-39(37)38-33(16-15-17-35(38)44-36)27-20-29(40(3,4)5)24-30(21-27)41(6,7)8/h15-26H,1-14H3. The minimum Gasteiger partial charge on any atom is -0.135 e. The molecule has 5 aromatic rings. The van der Waals surface area contributed by atoms with Crippen LogP contribution in [0, 0.1) is 0 Å². The van der Waals surface area contributed by atoms with Crippen LogP contribution in [-0.4, -0.2) is 0 Å². The van der Waals surface area contributed by atoms with E-state index in [1.54, 1.807) is 0 Å². The van der Waals surface area contributed by atoms with Gasteiger partial charge in [-0.1, -0.05) is 152 Å². The third-order valence-electron chi connectivity index (χ3n) is 9.23. The highest BCUT2D eigenvalue weighted by Gasteiger charge is 2.26. The van der Waals surface area contributed by atoms with Crippen LogP contribution in [0.3, 0.4) is 0 Å². The Labute approximate surface area is 271 Å². The van der Waals surface area contributed by atoms with Gasteiger partial charge in [0.2, 0.25) is 0 Å². The highest BCUT2D eigenvalue weighted by molar-refractivity contribution is 7.26. The maximum absolute atomic E-state index is 2.46. The van der Waals surface area contributed by atoms with Gasteiger partial charge >= 0.3 is 0 Å². The molecule has 0 nitrogen and oxygen atoms in total. The smallest absolute Gasteiger partial charge is 0.0361 e. The first kappa shape index (κ1) is 32.5. The van der Waals surface area contributed by atoms with Crippen molar-refractivity contribution in [3.63, 3.8) is 0 Å². The summed E-state index contributed by atoms with van der Waals surface area (Å²) in [6.07, 6.45) is 0. The van der Waals surface area contributed by atoms with Gasteiger partial charge in [-0.2, -0.15) is 0 Å². The molecule has 0 unspecified atom stereocenters. The first-order valence-corrected chi connectivity index (χ1v) is 17.3. The maximum atomic E-state index is 2.46. The summed E-state index contributed by atoms with van der Waals surface area (Å²) in [7, 11) is 0. The number of benzene rings is 4. The van der Waals surface area contributed by atoms with Crippen molar-refractivity contribution in [1.29, 1.82) is 0 Å². The van der Waals surface area contributed by atoms with Crippen LogP contribution in [0.15, 0.2) is 66.7 Å². The summed E-state index contributed by atoms with van der Waals surface area (Å²) in [4.78, 5) is 0. The number of rotatable bonds is 3. The van der Waals surface area contributed by atoms with Crippen LogP contribution >= 0.6 is 11.3 Å². The average Bonchev–Trinajstić information content (AvgIpc) is 3.28. The number of fused-ring (bicyclic) bond motifs is 3. The molecule has 0 N–H and O–H groups in total. The van der Waals surface area contributed by atoms with Crippen molar-refractivity contribution in [2.24, 2.45) is 0 Å². The highest BCUT2D eigenvalue weighted by atomic mass is 32.1. The topological polar surface area (TPSA) is 0 Å². The van der Waals surface area contributed by atoms with E-state index in [0.717, 1.165) is 0 Å². The molecule has 1 heterocycles. The second-order valence-electron chi connectivity index (χ2n) is 17.4. The Bertz CT molecular complexity index is 1780. The Kier molecular flexibility index (Phi) is 8.03. The summed E-state index contributed by atoms with van der Waals surface area (Å²) in [6, 6.07) is 26.4. The van der Waals surface area contributed by atoms with Gasteiger partial charge in [-0.05, 0) is 89.8 Å². The lowest BCUT2D eigenvalue weighted by Gasteiger charge is -2.27. The molecule has 0 saturated carbocycles. The quantitative estimate of drug-likeness (QED) is 0.193. The lowest BCUT2D eigenvalue weighted by Crippen LogP contribution is -2.16. The van der Waals surface area contributed by atoms with E-state index in [1.807, 2.05) is 11.3 Å². The molecule has 1 aromatic heterocycles. The summed E-state index contributed by atoms with van der Waals surface area (Å²) in [6.45, 7) is 32.8. The predicted octanol–water partition coefficient (Wildman–Crippen LogP) is 13.7. The van der Waals surface area contributed by atoms with E-state index >= 15 is 0 Å². The lowest BCUT2D eigenvalue weighted by atomic mass is 9.77. The molecule has 1 heteroatoms. The molecule has 5 rings (SSSR count). The molecule has 0 aliphatic carbocycles. The Morgan fingerprint density at radius 1 is 0.455 bits per heavy atom. The van der Waals surface area contributed by atoms with Crippen molar-refractivity contribution in [2.45, 2.75) is 125 Å². The molecule has 0 aliphatic rings. The van der Waals surface area contributed by atoms with E-state index in [2.05, 4.69) is 164 Å². The van der Waals surface area contributed by atoms with E-state index in [9.17, 15) is 0 Å². The summed E-state index contributed by atoms with van der Waals surface area (Å²) >= 11 is 1.94. The van der Waals surface area contributed by atoms with Gasteiger partial charge in [-0.25, -0.2) is 0 Å². The summed E-state index contributed by atoms with van der Waals surface area (Å²) in [5, 5.41) is 2.84. The van der Waals surface area contributed by atoms with Gasteiger partial charge in [0.15, 0.2) is 0 Å². The lowest BCUT2D eigenvalue weighted by molar-refractivity contribution is 0.568. The molecular weight excluding hydrogens is 549 g/mol. The molecule has 44 heavy (non-hydrogen) atoms. The SMILES string of the molecule is CC(C)c1c(-c2cc(C(C)(C)C)cc(C(C)(C)C)c2)ccc2sc3cccc(-c4cc(C(C)(C)C)cc(C(C)(C)C)c4)c3c12. The largest absolute Gasteiger partial charge is 0.135 e. The average molecular weight is 603 g/mol. The van der Waals surface area contributed by atoms with E-state index in [1.165, 1.54) is 70.2 Å². The van der Waals surface area contributed by atoms with Crippen molar-refractivity contribution >= 4 is 31.5 Å². The van der Waals surface area contributed by atoms with Crippen molar-refractivity contribution in [3.05, 3.63) is 94.5 Å². The summed E-state index contributed by atoms with van der Waals surface area (Å²) < 4.78 is 2.75. The van der Waals surface area contributed by atoms with Crippen molar-refractivity contribution in [1.82, 2.24) is 0 Å². The number of hydrogen-bond donors (Lipinski definition) is 0. The number of hydrogen-bond acceptors (Lipinski definition) is 1. The van der Waals surface area contributed by atoms with Crippen LogP contribution in [-0.2, 0) is 21.7 Å². The minimum atomic E-state index is 0.0692. The second kappa shape index (κ2) is 10.9. The van der Waals surface area contributed by atoms with Gasteiger partial charge in [0.05, 0.1) is 0 Å². The van der Waals surface area contributed by atoms with Gasteiger partial charge < -0.3 is 0 Å². The van der Waals surface area contributed by atoms with Crippen molar-refractivity contribution < 1.29 is 0 Å². The van der Waals surface area contributed by atoms with E-state index in [-0.39, 0.29) is 21.7 Å². The van der Waals surface area contributed by atoms with Gasteiger partial charge in [-0.3, -0.25) is 0 Å². The fourth-order valence-corrected chi connectivity index (χ4v) is 7.47. The summed E-state index contributed by atoms with van der Waals surface area (Å²) in [5.41, 5.74) is 12.7. The number of thiophene rings is 1. The maximum Gasteiger partial charge on any atom is 0.0361 e. The van der Waals surface area contributed by atoms with Crippen LogP contribution in [0.2, 0.25) is 0 Å². The molecule has 0 fully saturated rings. The Balaban J connectivity index is 1.89. The molecule has 0 atom stereocenters. The fourth-order valence-electron chi connectivity index (χ4n) is 6.33. The van der Waals surface area contributed by atoms with E-state index < -0.39 is 0 Å². The normalized spacial score (nSPS) is 13.4. The highest BCUT2D eigenvalue weighted by Crippen LogP contribution is 2.48. The molecule has 0 saturated heterocycles. The molecule has 0 spiro atoms. The zero-order valence-corrected chi connectivity index (χ0v) is 30.7. The molecule has 232 valence electrons. The van der Waals surface area contributed by atoms with Gasteiger partial charge in [0, 0.05) is 20.2 Å². The van der Waals surface area contributed by atoms with Crippen LogP contribution in [0.25, 0.3) is 42.4 Å². The molecule has 0 bridgehead atoms. The van der Waals surface area contributed by atoms with Crippen molar-refractivity contribution in [2.75, 3.05) is 0 Å². The predicted molar refractivity (Wildman–Crippen MR) is 199 cm³/mol. The first-order chi connectivity index (χ1) is 20.2. The third-order valence-corrected chi connectivity index (χ3v) is 10.4. The van der Waals surface area contributed by atoms with Crippen LogP contribution in [0.4, 0.5) is 0 Å². The third kappa shape index (κ3) is 6.15.